The van der Waals surface area contributed by atoms with Crippen molar-refractivity contribution in [2.75, 3.05) is 12.4 Å². The lowest BCUT2D eigenvalue weighted by molar-refractivity contribution is 0.415. The number of anilines is 1. The zero-order valence-electron chi connectivity index (χ0n) is 13.6. The second kappa shape index (κ2) is 7.61. The third-order valence-electron chi connectivity index (χ3n) is 3.73. The molecule has 0 bridgehead atoms. The molecule has 0 radical (unpaired) electrons. The molecular formula is C18H21N5O. The van der Waals surface area contributed by atoms with Gasteiger partial charge in [-0.1, -0.05) is 30.3 Å². The lowest BCUT2D eigenvalue weighted by atomic mass is 10.1. The van der Waals surface area contributed by atoms with Crippen molar-refractivity contribution in [1.82, 2.24) is 15.2 Å². The molecule has 3 rings (SSSR count). The van der Waals surface area contributed by atoms with Crippen LogP contribution >= 0.6 is 0 Å². The number of hydrogen-bond acceptors (Lipinski definition) is 5. The molecule has 0 spiro atoms. The molecule has 124 valence electrons. The first-order chi connectivity index (χ1) is 11.7. The van der Waals surface area contributed by atoms with Gasteiger partial charge in [0.2, 0.25) is 0 Å². The van der Waals surface area contributed by atoms with Crippen LogP contribution < -0.4 is 15.8 Å². The highest BCUT2D eigenvalue weighted by atomic mass is 16.5. The Bertz CT molecular complexity index is 755. The molecule has 24 heavy (non-hydrogen) atoms. The van der Waals surface area contributed by atoms with Gasteiger partial charge in [0.15, 0.2) is 5.82 Å². The van der Waals surface area contributed by atoms with Crippen molar-refractivity contribution in [3.63, 3.8) is 0 Å². The zero-order valence-corrected chi connectivity index (χ0v) is 13.6. The predicted molar refractivity (Wildman–Crippen MR) is 93.8 cm³/mol. The molecule has 0 saturated carbocycles. The second-order valence-electron chi connectivity index (χ2n) is 5.52. The number of nitrogens with one attached hydrogen (secondary N) is 2. The summed E-state index contributed by atoms with van der Waals surface area (Å²) < 4.78 is 5.14. The van der Waals surface area contributed by atoms with E-state index < -0.39 is 0 Å². The number of benzene rings is 2. The van der Waals surface area contributed by atoms with Gasteiger partial charge >= 0.3 is 0 Å². The van der Waals surface area contributed by atoms with Crippen molar-refractivity contribution >= 4 is 5.69 Å². The highest BCUT2D eigenvalue weighted by Gasteiger charge is 2.12. The molecule has 0 aliphatic rings. The summed E-state index contributed by atoms with van der Waals surface area (Å²) in [6.07, 6.45) is 0.712. The van der Waals surface area contributed by atoms with Crippen LogP contribution in [0.2, 0.25) is 0 Å². The fraction of sp³-hybridized carbons (Fsp3) is 0.222. The summed E-state index contributed by atoms with van der Waals surface area (Å²) in [5.41, 5.74) is 8.36. The van der Waals surface area contributed by atoms with Crippen molar-refractivity contribution in [2.24, 2.45) is 5.73 Å². The molecule has 6 heteroatoms. The smallest absolute Gasteiger partial charge is 0.167 e. The lowest BCUT2D eigenvalue weighted by Crippen LogP contribution is -2.15. The highest BCUT2D eigenvalue weighted by molar-refractivity contribution is 5.46. The van der Waals surface area contributed by atoms with Crippen LogP contribution in [0.3, 0.4) is 0 Å². The van der Waals surface area contributed by atoms with Gasteiger partial charge in [0.05, 0.1) is 19.7 Å². The van der Waals surface area contributed by atoms with Crippen LogP contribution in [-0.4, -0.2) is 22.3 Å². The molecule has 1 atom stereocenters. The van der Waals surface area contributed by atoms with Crippen LogP contribution in [0.15, 0.2) is 54.6 Å². The maximum atomic E-state index is 6.20. The first-order valence-electron chi connectivity index (χ1n) is 7.83. The molecule has 0 aliphatic carbocycles. The van der Waals surface area contributed by atoms with Crippen molar-refractivity contribution in [3.8, 4) is 5.75 Å². The number of rotatable bonds is 7. The van der Waals surface area contributed by atoms with Crippen LogP contribution in [-0.2, 0) is 13.0 Å². The number of H-pyrrole nitrogens is 1. The van der Waals surface area contributed by atoms with Gasteiger partial charge in [-0.2, -0.15) is 5.10 Å². The van der Waals surface area contributed by atoms with E-state index in [-0.39, 0.29) is 6.04 Å². The highest BCUT2D eigenvalue weighted by Crippen LogP contribution is 2.16. The summed E-state index contributed by atoms with van der Waals surface area (Å²) >= 11 is 0. The third-order valence-corrected chi connectivity index (χ3v) is 3.73. The van der Waals surface area contributed by atoms with Crippen LogP contribution in [0.1, 0.15) is 23.3 Å². The third kappa shape index (κ3) is 4.11. The standard InChI is InChI=1S/C18H21N5O/c1-24-15-9-7-14(8-10-15)20-12-17-21-18(23-22-17)16(19)11-13-5-3-2-4-6-13/h2-10,16,20H,11-12,19H2,1H3,(H,21,22,23)/t16-/m1/s1. The minimum Gasteiger partial charge on any atom is -0.497 e. The first kappa shape index (κ1) is 16.0. The molecule has 0 amide bonds. The Morgan fingerprint density at radius 3 is 2.58 bits per heavy atom. The summed E-state index contributed by atoms with van der Waals surface area (Å²) in [7, 11) is 1.65. The van der Waals surface area contributed by atoms with Gasteiger partial charge in [-0.15, -0.1) is 0 Å². The van der Waals surface area contributed by atoms with Gasteiger partial charge in [-0.3, -0.25) is 5.10 Å². The van der Waals surface area contributed by atoms with Gasteiger partial charge in [-0.05, 0) is 36.2 Å². The molecule has 1 heterocycles. The molecule has 0 saturated heterocycles. The maximum Gasteiger partial charge on any atom is 0.167 e. The summed E-state index contributed by atoms with van der Waals surface area (Å²) in [4.78, 5) is 4.48. The minimum absolute atomic E-state index is 0.224. The summed E-state index contributed by atoms with van der Waals surface area (Å²) in [6.45, 7) is 0.553. The average Bonchev–Trinajstić information content (AvgIpc) is 3.10. The summed E-state index contributed by atoms with van der Waals surface area (Å²) in [6, 6.07) is 17.6. The van der Waals surface area contributed by atoms with Crippen molar-refractivity contribution < 1.29 is 4.74 Å². The Balaban J connectivity index is 1.56. The number of ether oxygens (including phenoxy) is 1. The molecular weight excluding hydrogens is 302 g/mol. The van der Waals surface area contributed by atoms with E-state index in [1.54, 1.807) is 7.11 Å². The van der Waals surface area contributed by atoms with E-state index in [0.717, 1.165) is 17.3 Å². The molecule has 0 fully saturated rings. The monoisotopic (exact) mass is 323 g/mol. The maximum absolute atomic E-state index is 6.20. The number of methoxy groups -OCH3 is 1. The van der Waals surface area contributed by atoms with Gasteiger partial charge in [-0.25, -0.2) is 4.98 Å². The molecule has 1 aromatic heterocycles. The van der Waals surface area contributed by atoms with E-state index in [9.17, 15) is 0 Å². The fourth-order valence-electron chi connectivity index (χ4n) is 2.41. The second-order valence-corrected chi connectivity index (χ2v) is 5.52. The molecule has 0 unspecified atom stereocenters. The number of hydrogen-bond donors (Lipinski definition) is 3. The topological polar surface area (TPSA) is 88.8 Å². The Morgan fingerprint density at radius 1 is 1.12 bits per heavy atom. The van der Waals surface area contributed by atoms with Crippen molar-refractivity contribution in [2.45, 2.75) is 19.0 Å². The predicted octanol–water partition coefficient (Wildman–Crippen LogP) is 2.67. The van der Waals surface area contributed by atoms with E-state index in [0.29, 0.717) is 18.8 Å². The van der Waals surface area contributed by atoms with Crippen LogP contribution in [0.5, 0.6) is 5.75 Å². The number of nitrogens with zero attached hydrogens (tertiary/aromatic N) is 2. The summed E-state index contributed by atoms with van der Waals surface area (Å²) in [5, 5.41) is 10.5. The quantitative estimate of drug-likeness (QED) is 0.622. The summed E-state index contributed by atoms with van der Waals surface area (Å²) in [5.74, 6) is 2.21. The Labute approximate surface area is 141 Å². The molecule has 3 aromatic rings. The molecule has 0 aliphatic heterocycles. The minimum atomic E-state index is -0.224. The van der Waals surface area contributed by atoms with Crippen LogP contribution in [0.4, 0.5) is 5.69 Å². The largest absolute Gasteiger partial charge is 0.497 e. The van der Waals surface area contributed by atoms with E-state index in [1.165, 1.54) is 5.56 Å². The average molecular weight is 323 g/mol. The van der Waals surface area contributed by atoms with Crippen LogP contribution in [0, 0.1) is 0 Å². The van der Waals surface area contributed by atoms with Gasteiger partial charge in [0, 0.05) is 5.69 Å². The number of aromatic amines is 1. The van der Waals surface area contributed by atoms with Gasteiger partial charge in [0.25, 0.3) is 0 Å². The fourth-order valence-corrected chi connectivity index (χ4v) is 2.41. The Kier molecular flexibility index (Phi) is 5.08. The number of nitrogens with two attached hydrogens (primary N) is 1. The van der Waals surface area contributed by atoms with Crippen LogP contribution in [0.25, 0.3) is 0 Å². The Morgan fingerprint density at radius 2 is 1.88 bits per heavy atom. The molecule has 4 N–H and O–H groups in total. The molecule has 2 aromatic carbocycles. The SMILES string of the molecule is COc1ccc(NCc2nc([C@H](N)Cc3ccccc3)n[nH]2)cc1. The normalized spacial score (nSPS) is 11.9. The number of aromatic nitrogens is 3. The van der Waals surface area contributed by atoms with Gasteiger partial charge in [0.1, 0.15) is 11.6 Å². The lowest BCUT2D eigenvalue weighted by Gasteiger charge is -2.07. The first-order valence-corrected chi connectivity index (χ1v) is 7.83. The Hall–Kier alpha value is -2.86. The van der Waals surface area contributed by atoms with E-state index >= 15 is 0 Å². The molecule has 6 nitrogen and oxygen atoms in total. The van der Waals surface area contributed by atoms with Crippen molar-refractivity contribution in [1.29, 1.82) is 0 Å². The van der Waals surface area contributed by atoms with Gasteiger partial charge < -0.3 is 15.8 Å². The van der Waals surface area contributed by atoms with E-state index in [4.69, 9.17) is 10.5 Å². The van der Waals surface area contributed by atoms with Crippen molar-refractivity contribution in [3.05, 3.63) is 71.8 Å². The van der Waals surface area contributed by atoms with E-state index in [1.807, 2.05) is 42.5 Å². The zero-order chi connectivity index (χ0) is 16.8. The van der Waals surface area contributed by atoms with E-state index in [2.05, 4.69) is 32.6 Å².